The van der Waals surface area contributed by atoms with E-state index in [1.807, 2.05) is 36.5 Å². The van der Waals surface area contributed by atoms with Gasteiger partial charge in [-0.25, -0.2) is 9.97 Å². The van der Waals surface area contributed by atoms with Gasteiger partial charge in [0.1, 0.15) is 11.3 Å². The van der Waals surface area contributed by atoms with Crippen LogP contribution in [0, 0.1) is 0 Å². The lowest BCUT2D eigenvalue weighted by Crippen LogP contribution is -2.36. The Kier molecular flexibility index (Phi) is 5.14. The fourth-order valence-electron chi connectivity index (χ4n) is 2.62. The summed E-state index contributed by atoms with van der Waals surface area (Å²) in [6, 6.07) is 5.52. The smallest absolute Gasteiger partial charge is 0.220 e. The molecule has 0 saturated carbocycles. The van der Waals surface area contributed by atoms with Gasteiger partial charge in [-0.05, 0) is 18.2 Å². The van der Waals surface area contributed by atoms with Crippen LogP contribution in [0.1, 0.15) is 10.8 Å². The number of hydrogen-bond donors (Lipinski definition) is 0. The van der Waals surface area contributed by atoms with Crippen LogP contribution in [0.15, 0.2) is 28.8 Å². The van der Waals surface area contributed by atoms with Crippen molar-refractivity contribution in [3.8, 4) is 5.75 Å². The number of fused-ring (bicyclic) bond motifs is 1. The van der Waals surface area contributed by atoms with Crippen LogP contribution >= 0.6 is 11.3 Å². The molecule has 0 spiro atoms. The topological polar surface area (TPSA) is 69.9 Å². The maximum absolute atomic E-state index is 5.77. The molecule has 0 atom stereocenters. The van der Waals surface area contributed by atoms with Crippen molar-refractivity contribution >= 4 is 39.7 Å². The van der Waals surface area contributed by atoms with Crippen molar-refractivity contribution in [3.05, 3.63) is 35.2 Å². The molecule has 0 amide bonds. The van der Waals surface area contributed by atoms with Gasteiger partial charge in [0.15, 0.2) is 17.5 Å². The fourth-order valence-corrected chi connectivity index (χ4v) is 3.49. The summed E-state index contributed by atoms with van der Waals surface area (Å²) in [7, 11) is 1.58. The summed E-state index contributed by atoms with van der Waals surface area (Å²) in [4.78, 5) is 12.3. The van der Waals surface area contributed by atoms with Crippen LogP contribution in [-0.4, -0.2) is 50.2 Å². The summed E-state index contributed by atoms with van der Waals surface area (Å²) in [6.07, 6.45) is 5.69. The number of aromatic nitrogens is 2. The molecule has 8 heteroatoms. The van der Waals surface area contributed by atoms with Gasteiger partial charge in [0.2, 0.25) is 5.89 Å². The average Bonchev–Trinajstić information content (AvgIpc) is 3.31. The Morgan fingerprint density at radius 3 is 3.00 bits per heavy atom. The predicted molar refractivity (Wildman–Crippen MR) is 101 cm³/mol. The second kappa shape index (κ2) is 7.86. The van der Waals surface area contributed by atoms with E-state index in [0.29, 0.717) is 17.2 Å². The van der Waals surface area contributed by atoms with Crippen molar-refractivity contribution in [2.45, 2.75) is 0 Å². The van der Waals surface area contributed by atoms with Crippen molar-refractivity contribution < 1.29 is 18.6 Å². The summed E-state index contributed by atoms with van der Waals surface area (Å²) in [5, 5.41) is 1.02. The van der Waals surface area contributed by atoms with Gasteiger partial charge in [-0.3, -0.25) is 0 Å². The van der Waals surface area contributed by atoms with Crippen molar-refractivity contribution in [3.63, 3.8) is 0 Å². The molecular formula is C18H19N3O4S. The number of anilines is 1. The van der Waals surface area contributed by atoms with Crippen LogP contribution in [0.4, 0.5) is 5.13 Å². The number of benzene rings is 1. The zero-order valence-electron chi connectivity index (χ0n) is 14.4. The maximum Gasteiger partial charge on any atom is 0.220 e. The molecule has 3 aromatic rings. The van der Waals surface area contributed by atoms with Gasteiger partial charge in [-0.15, -0.1) is 0 Å². The Balaban J connectivity index is 1.47. The van der Waals surface area contributed by atoms with Gasteiger partial charge in [-0.1, -0.05) is 11.3 Å². The Labute approximate surface area is 154 Å². The Morgan fingerprint density at radius 2 is 2.15 bits per heavy atom. The molecule has 1 aliphatic heterocycles. The van der Waals surface area contributed by atoms with Crippen LogP contribution in [0.3, 0.4) is 0 Å². The second-order valence-electron chi connectivity index (χ2n) is 5.71. The molecule has 26 heavy (non-hydrogen) atoms. The van der Waals surface area contributed by atoms with Gasteiger partial charge in [0, 0.05) is 43.4 Å². The van der Waals surface area contributed by atoms with E-state index in [-0.39, 0.29) is 6.79 Å². The fraction of sp³-hybridized carbons (Fsp3) is 0.333. The number of ether oxygens (including phenoxy) is 3. The quantitative estimate of drug-likeness (QED) is 0.614. The molecule has 0 radical (unpaired) electrons. The molecule has 1 saturated heterocycles. The van der Waals surface area contributed by atoms with E-state index in [2.05, 4.69) is 14.9 Å². The Hall–Kier alpha value is -2.42. The molecule has 1 aliphatic rings. The zero-order chi connectivity index (χ0) is 17.8. The van der Waals surface area contributed by atoms with Crippen LogP contribution in [-0.2, 0) is 9.47 Å². The van der Waals surface area contributed by atoms with Crippen LogP contribution < -0.4 is 9.64 Å². The van der Waals surface area contributed by atoms with Crippen molar-refractivity contribution in [1.82, 2.24) is 9.97 Å². The zero-order valence-corrected chi connectivity index (χ0v) is 15.2. The summed E-state index contributed by atoms with van der Waals surface area (Å²) in [5.74, 6) is 1.23. The first-order chi connectivity index (χ1) is 12.8. The van der Waals surface area contributed by atoms with Gasteiger partial charge in [0.25, 0.3) is 0 Å². The summed E-state index contributed by atoms with van der Waals surface area (Å²) < 4.78 is 21.5. The minimum Gasteiger partial charge on any atom is -0.467 e. The molecule has 1 aromatic carbocycles. The van der Waals surface area contributed by atoms with Crippen molar-refractivity contribution in [1.29, 1.82) is 0 Å². The van der Waals surface area contributed by atoms with Gasteiger partial charge in [-0.2, -0.15) is 0 Å². The minimum atomic E-state index is 0.198. The van der Waals surface area contributed by atoms with E-state index in [9.17, 15) is 0 Å². The number of morpholine rings is 1. The normalized spacial score (nSPS) is 15.2. The number of nitrogens with zero attached hydrogens (tertiary/aromatic N) is 3. The first kappa shape index (κ1) is 17.0. The Morgan fingerprint density at radius 1 is 1.27 bits per heavy atom. The van der Waals surface area contributed by atoms with Gasteiger partial charge in [0.05, 0.1) is 13.2 Å². The second-order valence-corrected chi connectivity index (χ2v) is 6.75. The summed E-state index contributed by atoms with van der Waals surface area (Å²) in [5.41, 5.74) is 1.46. The molecule has 0 aliphatic carbocycles. The lowest BCUT2D eigenvalue weighted by atomic mass is 10.3. The molecule has 0 unspecified atom stereocenters. The molecular weight excluding hydrogens is 354 g/mol. The lowest BCUT2D eigenvalue weighted by Gasteiger charge is -2.25. The standard InChI is InChI=1S/C18H19N3O4S/c1-22-12-24-13-2-4-15-16(10-13)25-17(20-15)5-3-14-11-19-18(26-14)21-6-8-23-9-7-21/h2-5,10-11H,6-9,12H2,1H3. The van der Waals surface area contributed by atoms with E-state index < -0.39 is 0 Å². The molecule has 7 nitrogen and oxygen atoms in total. The third-order valence-electron chi connectivity index (χ3n) is 3.90. The number of methoxy groups -OCH3 is 1. The number of rotatable bonds is 6. The average molecular weight is 373 g/mol. The van der Waals surface area contributed by atoms with Gasteiger partial charge >= 0.3 is 0 Å². The van der Waals surface area contributed by atoms with Gasteiger partial charge < -0.3 is 23.5 Å². The van der Waals surface area contributed by atoms with Crippen LogP contribution in [0.5, 0.6) is 5.75 Å². The molecule has 0 bridgehead atoms. The highest BCUT2D eigenvalue weighted by atomic mass is 32.1. The lowest BCUT2D eigenvalue weighted by molar-refractivity contribution is 0.0512. The highest BCUT2D eigenvalue weighted by Crippen LogP contribution is 2.26. The van der Waals surface area contributed by atoms with E-state index in [1.54, 1.807) is 18.4 Å². The van der Waals surface area contributed by atoms with E-state index in [0.717, 1.165) is 41.8 Å². The molecule has 2 aromatic heterocycles. The molecule has 136 valence electrons. The number of oxazole rings is 1. The third-order valence-corrected chi connectivity index (χ3v) is 4.93. The van der Waals surface area contributed by atoms with E-state index in [4.69, 9.17) is 18.6 Å². The van der Waals surface area contributed by atoms with Crippen molar-refractivity contribution in [2.75, 3.05) is 45.1 Å². The molecule has 1 fully saturated rings. The first-order valence-corrected chi connectivity index (χ1v) is 9.12. The third kappa shape index (κ3) is 3.87. The van der Waals surface area contributed by atoms with Crippen LogP contribution in [0.2, 0.25) is 0 Å². The number of thiazole rings is 1. The minimum absolute atomic E-state index is 0.198. The largest absolute Gasteiger partial charge is 0.467 e. The van der Waals surface area contributed by atoms with E-state index >= 15 is 0 Å². The Bertz CT molecular complexity index is 899. The highest BCUT2D eigenvalue weighted by Gasteiger charge is 2.14. The van der Waals surface area contributed by atoms with Crippen molar-refractivity contribution in [2.24, 2.45) is 0 Å². The monoisotopic (exact) mass is 373 g/mol. The SMILES string of the molecule is COCOc1ccc2nc(C=Cc3cnc(N4CCOCC4)s3)oc2c1. The molecule has 3 heterocycles. The first-order valence-electron chi connectivity index (χ1n) is 8.31. The van der Waals surface area contributed by atoms with Crippen LogP contribution in [0.25, 0.3) is 23.3 Å². The predicted octanol–water partition coefficient (Wildman–Crippen LogP) is 3.27. The molecule has 4 rings (SSSR count). The highest BCUT2D eigenvalue weighted by molar-refractivity contribution is 7.16. The molecule has 0 N–H and O–H groups in total. The van der Waals surface area contributed by atoms with E-state index in [1.165, 1.54) is 0 Å². The summed E-state index contributed by atoms with van der Waals surface area (Å²) in [6.45, 7) is 3.47. The number of hydrogen-bond acceptors (Lipinski definition) is 8. The maximum atomic E-state index is 5.77. The summed E-state index contributed by atoms with van der Waals surface area (Å²) >= 11 is 1.65.